The molecule has 158 valence electrons. The molecule has 0 spiro atoms. The molecule has 0 saturated carbocycles. The summed E-state index contributed by atoms with van der Waals surface area (Å²) in [4.78, 5) is 29.8. The molecule has 6 heteroatoms. The van der Waals surface area contributed by atoms with Gasteiger partial charge in [0.15, 0.2) is 0 Å². The zero-order valence-corrected chi connectivity index (χ0v) is 17.7. The fraction of sp³-hybridized carbons (Fsp3) is 0.417. The van der Waals surface area contributed by atoms with Gasteiger partial charge in [0, 0.05) is 50.3 Å². The third-order valence-electron chi connectivity index (χ3n) is 6.53. The molecule has 2 aliphatic heterocycles. The number of likely N-dealkylation sites (N-methyl/N-ethyl adjacent to an activating group) is 2. The van der Waals surface area contributed by atoms with Crippen LogP contribution in [0.15, 0.2) is 47.3 Å². The predicted octanol–water partition coefficient (Wildman–Crippen LogP) is 2.09. The number of likely N-dealkylation sites (tertiary alicyclic amines) is 1. The Morgan fingerprint density at radius 2 is 1.90 bits per heavy atom. The number of aliphatic hydroxyl groups is 1. The third-order valence-corrected chi connectivity index (χ3v) is 6.53. The van der Waals surface area contributed by atoms with Crippen LogP contribution in [0.3, 0.4) is 0 Å². The first-order valence-electron chi connectivity index (χ1n) is 10.5. The van der Waals surface area contributed by atoms with Gasteiger partial charge in [-0.15, -0.1) is 0 Å². The van der Waals surface area contributed by atoms with E-state index in [2.05, 4.69) is 4.90 Å². The van der Waals surface area contributed by atoms with Crippen LogP contribution in [-0.2, 0) is 11.3 Å². The Morgan fingerprint density at radius 1 is 1.17 bits per heavy atom. The molecule has 30 heavy (non-hydrogen) atoms. The molecular formula is C24H29N3O3. The summed E-state index contributed by atoms with van der Waals surface area (Å²) in [5, 5.41) is 10.1. The van der Waals surface area contributed by atoms with Crippen LogP contribution in [0.1, 0.15) is 29.8 Å². The number of aromatic nitrogens is 1. The summed E-state index contributed by atoms with van der Waals surface area (Å²) in [7, 11) is 3.50. The van der Waals surface area contributed by atoms with Crippen molar-refractivity contribution in [1.82, 2.24) is 14.4 Å². The molecule has 1 N–H and O–H groups in total. The minimum atomic E-state index is -0.355. The van der Waals surface area contributed by atoms with Gasteiger partial charge in [-0.05, 0) is 30.3 Å². The van der Waals surface area contributed by atoms with Gasteiger partial charge in [-0.2, -0.15) is 0 Å². The third kappa shape index (κ3) is 3.30. The van der Waals surface area contributed by atoms with Gasteiger partial charge < -0.3 is 14.6 Å². The van der Waals surface area contributed by atoms with Gasteiger partial charge in [-0.3, -0.25) is 14.5 Å². The molecular weight excluding hydrogens is 378 g/mol. The smallest absolute Gasteiger partial charge is 0.258 e. The molecule has 3 heterocycles. The lowest BCUT2D eigenvalue weighted by molar-refractivity contribution is -0.135. The van der Waals surface area contributed by atoms with Crippen LogP contribution in [0.2, 0.25) is 0 Å². The number of rotatable bonds is 5. The Kier molecular flexibility index (Phi) is 5.62. The van der Waals surface area contributed by atoms with Gasteiger partial charge in [-0.1, -0.05) is 43.3 Å². The first-order chi connectivity index (χ1) is 14.5. The highest BCUT2D eigenvalue weighted by atomic mass is 16.3. The average Bonchev–Trinajstić information content (AvgIpc) is 3.27. The molecule has 0 unspecified atom stereocenters. The Balaban J connectivity index is 1.70. The number of pyridine rings is 1. The second kappa shape index (κ2) is 8.20. The summed E-state index contributed by atoms with van der Waals surface area (Å²) in [5.41, 5.74) is 2.61. The van der Waals surface area contributed by atoms with Crippen molar-refractivity contribution in [2.45, 2.75) is 25.6 Å². The molecule has 4 rings (SSSR count). The van der Waals surface area contributed by atoms with Crippen LogP contribution < -0.4 is 5.56 Å². The van der Waals surface area contributed by atoms with E-state index >= 15 is 0 Å². The minimum Gasteiger partial charge on any atom is -0.396 e. The number of benzene rings is 1. The van der Waals surface area contributed by atoms with Crippen LogP contribution in [-0.4, -0.2) is 58.7 Å². The summed E-state index contributed by atoms with van der Waals surface area (Å²) in [6.45, 7) is 3.19. The van der Waals surface area contributed by atoms with Crippen LogP contribution in [0.5, 0.6) is 0 Å². The van der Waals surface area contributed by atoms with Crippen molar-refractivity contribution in [1.29, 1.82) is 0 Å². The molecule has 0 aliphatic carbocycles. The zero-order valence-electron chi connectivity index (χ0n) is 17.7. The van der Waals surface area contributed by atoms with E-state index in [1.807, 2.05) is 66.1 Å². The largest absolute Gasteiger partial charge is 0.396 e. The van der Waals surface area contributed by atoms with E-state index in [4.69, 9.17) is 0 Å². The topological polar surface area (TPSA) is 65.8 Å². The number of hydrogen-bond acceptors (Lipinski definition) is 4. The number of fused-ring (bicyclic) bond motifs is 3. The molecule has 1 fully saturated rings. The van der Waals surface area contributed by atoms with E-state index in [0.717, 1.165) is 11.3 Å². The van der Waals surface area contributed by atoms with E-state index in [1.54, 1.807) is 19.0 Å². The number of carbonyl (C=O) groups excluding carboxylic acids is 1. The number of amides is 1. The molecule has 1 amide bonds. The molecule has 2 aromatic rings. The van der Waals surface area contributed by atoms with E-state index in [9.17, 15) is 14.7 Å². The molecule has 0 bridgehead atoms. The van der Waals surface area contributed by atoms with Gasteiger partial charge >= 0.3 is 0 Å². The van der Waals surface area contributed by atoms with Crippen LogP contribution in [0.4, 0.5) is 0 Å². The summed E-state index contributed by atoms with van der Waals surface area (Å²) >= 11 is 0. The van der Waals surface area contributed by atoms with Crippen LogP contribution >= 0.6 is 0 Å². The predicted molar refractivity (Wildman–Crippen MR) is 118 cm³/mol. The monoisotopic (exact) mass is 407 g/mol. The fourth-order valence-corrected chi connectivity index (χ4v) is 5.12. The lowest BCUT2D eigenvalue weighted by Crippen LogP contribution is -2.47. The standard InChI is InChI=1S/C24H29N3O3/c1-4-26-21-18(19(15-28)22(26)24(30)25(2)3)14-27-20(21)13-12-17(23(27)29)11-10-16-8-6-5-7-9-16/h5-13,18-19,21-22,28H,4,14-15H2,1-3H3/b11-10+/t18-,19-,21+,22-/m0/s1. The van der Waals surface area contributed by atoms with E-state index < -0.39 is 0 Å². The van der Waals surface area contributed by atoms with Crippen molar-refractivity contribution in [3.8, 4) is 0 Å². The maximum Gasteiger partial charge on any atom is 0.258 e. The maximum absolute atomic E-state index is 13.2. The Morgan fingerprint density at radius 3 is 2.53 bits per heavy atom. The van der Waals surface area contributed by atoms with E-state index in [1.165, 1.54) is 0 Å². The van der Waals surface area contributed by atoms with Crippen molar-refractivity contribution in [2.75, 3.05) is 27.2 Å². The lowest BCUT2D eigenvalue weighted by Gasteiger charge is -2.31. The normalized spacial score (nSPS) is 25.5. The quantitative estimate of drug-likeness (QED) is 0.824. The number of nitrogens with zero attached hydrogens (tertiary/aromatic N) is 3. The second-order valence-electron chi connectivity index (χ2n) is 8.34. The van der Waals surface area contributed by atoms with Crippen LogP contribution in [0, 0.1) is 11.8 Å². The Hall–Kier alpha value is -2.70. The number of hydrogen-bond donors (Lipinski definition) is 1. The van der Waals surface area contributed by atoms with E-state index in [-0.39, 0.29) is 42.0 Å². The highest BCUT2D eigenvalue weighted by Gasteiger charge is 2.55. The van der Waals surface area contributed by atoms with Gasteiger partial charge in [0.05, 0.1) is 12.1 Å². The van der Waals surface area contributed by atoms with Crippen molar-refractivity contribution >= 4 is 18.1 Å². The SMILES string of the molecule is CCN1[C@H](C(=O)N(C)C)[C@@H](CO)[C@@H]2Cn3c(ccc(/C=C/c4ccccc4)c3=O)[C@@H]21. The molecule has 4 atom stereocenters. The summed E-state index contributed by atoms with van der Waals surface area (Å²) in [6, 6.07) is 13.4. The summed E-state index contributed by atoms with van der Waals surface area (Å²) in [6.07, 6.45) is 3.80. The number of carbonyl (C=O) groups is 1. The molecule has 1 aromatic carbocycles. The zero-order chi connectivity index (χ0) is 21.4. The van der Waals surface area contributed by atoms with Gasteiger partial charge in [0.25, 0.3) is 5.56 Å². The molecule has 2 aliphatic rings. The Bertz CT molecular complexity index is 1010. The van der Waals surface area contributed by atoms with Crippen molar-refractivity contribution in [3.63, 3.8) is 0 Å². The van der Waals surface area contributed by atoms with E-state index in [0.29, 0.717) is 18.7 Å². The minimum absolute atomic E-state index is 0.0154. The van der Waals surface area contributed by atoms with Crippen molar-refractivity contribution < 1.29 is 9.90 Å². The first-order valence-corrected chi connectivity index (χ1v) is 10.5. The lowest BCUT2D eigenvalue weighted by atomic mass is 9.88. The second-order valence-corrected chi connectivity index (χ2v) is 8.34. The maximum atomic E-state index is 13.2. The molecule has 1 aromatic heterocycles. The highest BCUT2D eigenvalue weighted by Crippen LogP contribution is 2.49. The summed E-state index contributed by atoms with van der Waals surface area (Å²) in [5.74, 6) is -0.126. The molecule has 0 radical (unpaired) electrons. The van der Waals surface area contributed by atoms with Crippen LogP contribution in [0.25, 0.3) is 12.2 Å². The Labute approximate surface area is 177 Å². The molecule has 1 saturated heterocycles. The highest BCUT2D eigenvalue weighted by molar-refractivity contribution is 5.82. The van der Waals surface area contributed by atoms with Crippen molar-refractivity contribution in [2.24, 2.45) is 11.8 Å². The van der Waals surface area contributed by atoms with Gasteiger partial charge in [-0.25, -0.2) is 0 Å². The summed E-state index contributed by atoms with van der Waals surface area (Å²) < 4.78 is 1.83. The van der Waals surface area contributed by atoms with Crippen molar-refractivity contribution in [3.05, 3.63) is 69.6 Å². The fourth-order valence-electron chi connectivity index (χ4n) is 5.12. The average molecular weight is 408 g/mol. The van der Waals surface area contributed by atoms with Gasteiger partial charge in [0.2, 0.25) is 5.91 Å². The number of aliphatic hydroxyl groups excluding tert-OH is 1. The first kappa shape index (κ1) is 20.6. The molecule has 6 nitrogen and oxygen atoms in total. The van der Waals surface area contributed by atoms with Gasteiger partial charge in [0.1, 0.15) is 0 Å².